The SMILES string of the molecule is CC1(C)[C@H]2CC[C@]1(C)[C@H](O[C@@H]1O[C@H](C(=O)O)[C@@H](O)[C@H](O)[C@H]1O)C2. The summed E-state index contributed by atoms with van der Waals surface area (Å²) in [5, 5.41) is 38.8. The lowest BCUT2D eigenvalue weighted by atomic mass is 9.70. The highest BCUT2D eigenvalue weighted by atomic mass is 16.7. The van der Waals surface area contributed by atoms with E-state index >= 15 is 0 Å². The van der Waals surface area contributed by atoms with E-state index in [1.165, 1.54) is 0 Å². The van der Waals surface area contributed by atoms with Crippen LogP contribution in [0.5, 0.6) is 0 Å². The van der Waals surface area contributed by atoms with E-state index in [0.29, 0.717) is 5.92 Å². The summed E-state index contributed by atoms with van der Waals surface area (Å²) in [6.07, 6.45) is -4.86. The number of carbonyl (C=O) groups is 1. The molecule has 132 valence electrons. The number of aliphatic carboxylic acids is 1. The van der Waals surface area contributed by atoms with Crippen molar-refractivity contribution in [1.82, 2.24) is 0 Å². The second kappa shape index (κ2) is 5.39. The molecule has 3 aliphatic rings. The van der Waals surface area contributed by atoms with Gasteiger partial charge in [0.25, 0.3) is 0 Å². The highest BCUT2D eigenvalue weighted by molar-refractivity contribution is 5.73. The quantitative estimate of drug-likeness (QED) is 0.580. The second-order valence-corrected chi connectivity index (χ2v) is 7.97. The zero-order valence-corrected chi connectivity index (χ0v) is 13.7. The van der Waals surface area contributed by atoms with Crippen molar-refractivity contribution in [3.8, 4) is 0 Å². The van der Waals surface area contributed by atoms with Crippen molar-refractivity contribution >= 4 is 5.97 Å². The Morgan fingerprint density at radius 2 is 1.78 bits per heavy atom. The zero-order valence-electron chi connectivity index (χ0n) is 13.7. The van der Waals surface area contributed by atoms with E-state index < -0.39 is 36.7 Å². The number of ether oxygens (including phenoxy) is 2. The molecule has 0 radical (unpaired) electrons. The summed E-state index contributed by atoms with van der Waals surface area (Å²) in [6.45, 7) is 6.58. The van der Waals surface area contributed by atoms with E-state index in [1.54, 1.807) is 0 Å². The van der Waals surface area contributed by atoms with Crippen LogP contribution in [0.3, 0.4) is 0 Å². The third-order valence-corrected chi connectivity index (χ3v) is 6.83. The van der Waals surface area contributed by atoms with Crippen LogP contribution >= 0.6 is 0 Å². The van der Waals surface area contributed by atoms with Gasteiger partial charge in [-0.05, 0) is 36.0 Å². The van der Waals surface area contributed by atoms with Gasteiger partial charge in [-0.1, -0.05) is 20.8 Å². The largest absolute Gasteiger partial charge is 0.479 e. The van der Waals surface area contributed by atoms with Gasteiger partial charge in [-0.2, -0.15) is 0 Å². The molecule has 2 aliphatic carbocycles. The van der Waals surface area contributed by atoms with Crippen molar-refractivity contribution in [3.63, 3.8) is 0 Å². The van der Waals surface area contributed by atoms with E-state index in [4.69, 9.17) is 14.6 Å². The predicted octanol–water partition coefficient (Wildman–Crippen LogP) is 0.110. The van der Waals surface area contributed by atoms with Crippen molar-refractivity contribution in [3.05, 3.63) is 0 Å². The molecule has 2 bridgehead atoms. The fraction of sp³-hybridized carbons (Fsp3) is 0.938. The van der Waals surface area contributed by atoms with Gasteiger partial charge in [0, 0.05) is 0 Å². The van der Waals surface area contributed by atoms with Gasteiger partial charge in [-0.3, -0.25) is 0 Å². The minimum atomic E-state index is -1.69. The van der Waals surface area contributed by atoms with Crippen molar-refractivity contribution in [2.45, 2.75) is 76.8 Å². The minimum Gasteiger partial charge on any atom is -0.479 e. The molecule has 0 unspecified atom stereocenters. The van der Waals surface area contributed by atoms with Crippen LogP contribution in [0, 0.1) is 16.7 Å². The number of fused-ring (bicyclic) bond motifs is 2. The van der Waals surface area contributed by atoms with Crippen molar-refractivity contribution in [2.75, 3.05) is 0 Å². The summed E-state index contributed by atoms with van der Waals surface area (Å²) in [4.78, 5) is 11.2. The highest BCUT2D eigenvalue weighted by Gasteiger charge is 2.63. The number of carboxylic acid groups (broad SMARTS) is 1. The van der Waals surface area contributed by atoms with Crippen LogP contribution < -0.4 is 0 Å². The normalized spacial score (nSPS) is 51.8. The van der Waals surface area contributed by atoms with E-state index in [-0.39, 0.29) is 16.9 Å². The Morgan fingerprint density at radius 1 is 1.13 bits per heavy atom. The first-order chi connectivity index (χ1) is 10.6. The van der Waals surface area contributed by atoms with E-state index in [9.17, 15) is 20.1 Å². The van der Waals surface area contributed by atoms with E-state index in [1.807, 2.05) is 0 Å². The van der Waals surface area contributed by atoms with Gasteiger partial charge in [0.05, 0.1) is 6.10 Å². The lowest BCUT2D eigenvalue weighted by Gasteiger charge is -2.44. The van der Waals surface area contributed by atoms with E-state index in [0.717, 1.165) is 19.3 Å². The molecule has 2 saturated carbocycles. The maximum atomic E-state index is 11.2. The van der Waals surface area contributed by atoms with Crippen LogP contribution in [0.1, 0.15) is 40.0 Å². The molecule has 0 spiro atoms. The fourth-order valence-corrected chi connectivity index (χ4v) is 4.66. The van der Waals surface area contributed by atoms with Crippen LogP contribution in [-0.2, 0) is 14.3 Å². The molecule has 0 aromatic heterocycles. The molecule has 1 aliphatic heterocycles. The number of aliphatic hydroxyl groups excluding tert-OH is 3. The molecule has 0 amide bonds. The lowest BCUT2D eigenvalue weighted by molar-refractivity contribution is -0.312. The summed E-state index contributed by atoms with van der Waals surface area (Å²) in [5.41, 5.74) is 0.0160. The first-order valence-electron chi connectivity index (χ1n) is 8.17. The number of rotatable bonds is 3. The van der Waals surface area contributed by atoms with Crippen LogP contribution in [0.15, 0.2) is 0 Å². The van der Waals surface area contributed by atoms with Gasteiger partial charge in [0.2, 0.25) is 0 Å². The Kier molecular flexibility index (Phi) is 4.01. The molecule has 3 fully saturated rings. The predicted molar refractivity (Wildman–Crippen MR) is 78.4 cm³/mol. The summed E-state index contributed by atoms with van der Waals surface area (Å²) in [5.74, 6) is -0.874. The molecular weight excluding hydrogens is 304 g/mol. The summed E-state index contributed by atoms with van der Waals surface area (Å²) in [6, 6.07) is 0. The molecule has 3 rings (SSSR count). The van der Waals surface area contributed by atoms with Gasteiger partial charge in [0.1, 0.15) is 18.3 Å². The average Bonchev–Trinajstić information content (AvgIpc) is 2.80. The summed E-state index contributed by atoms with van der Waals surface area (Å²) in [7, 11) is 0. The minimum absolute atomic E-state index is 0.0829. The molecule has 7 heteroatoms. The smallest absolute Gasteiger partial charge is 0.335 e. The molecule has 0 aromatic rings. The van der Waals surface area contributed by atoms with Crippen LogP contribution in [0.4, 0.5) is 0 Å². The number of aliphatic hydroxyl groups is 3. The van der Waals surface area contributed by atoms with Crippen molar-refractivity contribution < 1.29 is 34.7 Å². The Bertz CT molecular complexity index is 493. The standard InChI is InChI=1S/C16H26O7/c1-15(2)7-4-5-16(15,3)8(6-7)22-14-11(19)9(17)10(18)12(23-14)13(20)21/h7-12,14,17-19H,4-6H2,1-3H3,(H,20,21)/t7-,8+,9-,10-,11+,12-,14+,16+/m0/s1. The maximum absolute atomic E-state index is 11.2. The topological polar surface area (TPSA) is 116 Å². The molecule has 7 nitrogen and oxygen atoms in total. The number of carboxylic acids is 1. The van der Waals surface area contributed by atoms with Crippen molar-refractivity contribution in [1.29, 1.82) is 0 Å². The zero-order chi connectivity index (χ0) is 17.2. The third kappa shape index (κ3) is 2.33. The third-order valence-electron chi connectivity index (χ3n) is 6.83. The fourth-order valence-electron chi connectivity index (χ4n) is 4.66. The summed E-state index contributed by atoms with van der Waals surface area (Å²) >= 11 is 0. The molecular formula is C16H26O7. The average molecular weight is 330 g/mol. The Balaban J connectivity index is 1.76. The molecule has 0 aromatic carbocycles. The molecule has 8 atom stereocenters. The van der Waals surface area contributed by atoms with Crippen LogP contribution in [0.25, 0.3) is 0 Å². The van der Waals surface area contributed by atoms with Gasteiger partial charge in [-0.25, -0.2) is 4.79 Å². The van der Waals surface area contributed by atoms with Gasteiger partial charge in [-0.15, -0.1) is 0 Å². The number of hydrogen-bond donors (Lipinski definition) is 4. The number of hydrogen-bond acceptors (Lipinski definition) is 6. The summed E-state index contributed by atoms with van der Waals surface area (Å²) < 4.78 is 11.2. The van der Waals surface area contributed by atoms with Gasteiger partial charge >= 0.3 is 5.97 Å². The van der Waals surface area contributed by atoms with Crippen LogP contribution in [0.2, 0.25) is 0 Å². The lowest BCUT2D eigenvalue weighted by Crippen LogP contribution is -2.61. The maximum Gasteiger partial charge on any atom is 0.335 e. The first-order valence-corrected chi connectivity index (χ1v) is 8.17. The second-order valence-electron chi connectivity index (χ2n) is 7.97. The highest BCUT2D eigenvalue weighted by Crippen LogP contribution is 2.66. The first kappa shape index (κ1) is 17.1. The van der Waals surface area contributed by atoms with Crippen LogP contribution in [-0.4, -0.2) is 63.2 Å². The monoisotopic (exact) mass is 330 g/mol. The Labute approximate surface area is 135 Å². The Hall–Kier alpha value is -0.730. The van der Waals surface area contributed by atoms with Gasteiger partial charge in [0.15, 0.2) is 12.4 Å². The Morgan fingerprint density at radius 3 is 2.26 bits per heavy atom. The van der Waals surface area contributed by atoms with Crippen molar-refractivity contribution in [2.24, 2.45) is 16.7 Å². The molecule has 4 N–H and O–H groups in total. The molecule has 23 heavy (non-hydrogen) atoms. The molecule has 1 heterocycles. The van der Waals surface area contributed by atoms with E-state index in [2.05, 4.69) is 20.8 Å². The molecule has 1 saturated heterocycles. The van der Waals surface area contributed by atoms with Gasteiger partial charge < -0.3 is 29.9 Å².